The van der Waals surface area contributed by atoms with Gasteiger partial charge in [0.05, 0.1) is 0 Å². The maximum atomic E-state index is 8.25. The number of hydrogen-bond donors (Lipinski definition) is 2. The van der Waals surface area contributed by atoms with Crippen molar-refractivity contribution in [2.45, 2.75) is 6.42 Å². The van der Waals surface area contributed by atoms with Crippen molar-refractivity contribution in [3.63, 3.8) is 0 Å². The minimum Gasteiger partial charge on any atom is -0.396 e. The third kappa shape index (κ3) is 6.33. The van der Waals surface area contributed by atoms with E-state index in [0.29, 0.717) is 0 Å². The monoisotopic (exact) mass is 119 g/mol. The average Bonchev–Trinajstić information content (AvgIpc) is 1.61. The third-order valence-corrected chi connectivity index (χ3v) is 0.840. The van der Waals surface area contributed by atoms with Gasteiger partial charge in [-0.05, 0) is 13.0 Å². The molecule has 0 bridgehead atoms. The van der Waals surface area contributed by atoms with Crippen molar-refractivity contribution < 1.29 is 5.11 Å². The number of hydrogen-bond acceptors (Lipinski definition) is 3. The predicted octanol–water partition coefficient (Wildman–Crippen LogP) is -0.936. The largest absolute Gasteiger partial charge is 0.396 e. The quantitative estimate of drug-likeness (QED) is 0.370. The number of aliphatic hydroxyl groups excluding tert-OH is 1. The fourth-order valence-corrected chi connectivity index (χ4v) is 0.441. The summed E-state index contributed by atoms with van der Waals surface area (Å²) in [4.78, 5) is 0. The van der Waals surface area contributed by atoms with E-state index in [1.807, 2.05) is 7.98 Å². The molecular formula is C3H10BNOS. The molecule has 4 heteroatoms. The number of rotatable bonds is 3. The lowest BCUT2D eigenvalue weighted by molar-refractivity contribution is 0.284. The lowest BCUT2D eigenvalue weighted by Crippen LogP contribution is -2.09. The van der Waals surface area contributed by atoms with Gasteiger partial charge in [0, 0.05) is 6.61 Å². The van der Waals surface area contributed by atoms with Crippen molar-refractivity contribution in [3.8, 4) is 0 Å². The smallest absolute Gasteiger partial charge is 0.199 e. The molecular weight excluding hydrogens is 109 g/mol. The summed E-state index contributed by atoms with van der Waals surface area (Å²) in [6.07, 6.45) is 0.806. The topological polar surface area (TPSA) is 23.5 Å². The second kappa shape index (κ2) is 4.49. The average molecular weight is 119 g/mol. The number of nitrogens with zero attached hydrogens (tertiary/aromatic N) is 1. The maximum absolute atomic E-state index is 8.25. The van der Waals surface area contributed by atoms with Gasteiger partial charge in [0.1, 0.15) is 0 Å². The SMILES string of the molecule is BN(S)CCCO. The summed E-state index contributed by atoms with van der Waals surface area (Å²) in [7, 11) is 1.86. The van der Waals surface area contributed by atoms with Gasteiger partial charge in [-0.2, -0.15) is 0 Å². The first-order chi connectivity index (χ1) is 3.27. The molecule has 2 nitrogen and oxygen atoms in total. The van der Waals surface area contributed by atoms with E-state index in [4.69, 9.17) is 5.11 Å². The molecule has 0 unspecified atom stereocenters. The maximum Gasteiger partial charge on any atom is 0.199 e. The molecule has 42 valence electrons. The van der Waals surface area contributed by atoms with E-state index in [-0.39, 0.29) is 6.61 Å². The molecule has 0 aromatic heterocycles. The summed E-state index contributed by atoms with van der Waals surface area (Å²) in [6.45, 7) is 1.10. The second-order valence-corrected chi connectivity index (χ2v) is 2.14. The third-order valence-electron chi connectivity index (χ3n) is 0.640. The van der Waals surface area contributed by atoms with Gasteiger partial charge in [0.2, 0.25) is 0 Å². The second-order valence-electron chi connectivity index (χ2n) is 1.46. The van der Waals surface area contributed by atoms with Crippen molar-refractivity contribution in [2.75, 3.05) is 13.2 Å². The van der Waals surface area contributed by atoms with Crippen LogP contribution in [0.4, 0.5) is 0 Å². The molecule has 0 amide bonds. The van der Waals surface area contributed by atoms with Crippen molar-refractivity contribution in [1.82, 2.24) is 4.22 Å². The summed E-state index contributed by atoms with van der Waals surface area (Å²) in [5.74, 6) is 0. The fourth-order valence-electron chi connectivity index (χ4n) is 0.300. The van der Waals surface area contributed by atoms with Crippen LogP contribution in [0.2, 0.25) is 0 Å². The summed E-state index contributed by atoms with van der Waals surface area (Å²) in [5.41, 5.74) is 0. The molecule has 0 aliphatic rings. The van der Waals surface area contributed by atoms with Crippen LogP contribution in [0, 0.1) is 0 Å². The zero-order chi connectivity index (χ0) is 5.70. The summed E-state index contributed by atoms with van der Waals surface area (Å²) >= 11 is 3.95. The summed E-state index contributed by atoms with van der Waals surface area (Å²) in [6, 6.07) is 0. The molecule has 0 aliphatic carbocycles. The van der Waals surface area contributed by atoms with E-state index in [9.17, 15) is 0 Å². The van der Waals surface area contributed by atoms with Gasteiger partial charge >= 0.3 is 0 Å². The van der Waals surface area contributed by atoms with Crippen LogP contribution in [0.3, 0.4) is 0 Å². The van der Waals surface area contributed by atoms with Crippen molar-refractivity contribution >= 4 is 20.8 Å². The molecule has 0 rings (SSSR count). The van der Waals surface area contributed by atoms with Crippen LogP contribution >= 0.6 is 12.8 Å². The lowest BCUT2D eigenvalue weighted by atomic mass is 10.3. The first kappa shape index (κ1) is 7.33. The van der Waals surface area contributed by atoms with Crippen LogP contribution in [-0.4, -0.2) is 30.5 Å². The minimum absolute atomic E-state index is 0.255. The van der Waals surface area contributed by atoms with Gasteiger partial charge in [0.15, 0.2) is 7.98 Å². The molecule has 0 fully saturated rings. The molecule has 0 spiro atoms. The molecule has 0 aromatic rings. The standard InChI is InChI=1S/C3H10BNOS/c4-5(7)2-1-3-6/h6-7H,1-4H2. The van der Waals surface area contributed by atoms with E-state index in [2.05, 4.69) is 12.8 Å². The van der Waals surface area contributed by atoms with Gasteiger partial charge < -0.3 is 9.32 Å². The summed E-state index contributed by atoms with van der Waals surface area (Å²) in [5, 5.41) is 8.25. The van der Waals surface area contributed by atoms with Gasteiger partial charge in [0.25, 0.3) is 0 Å². The Labute approximate surface area is 50.5 Å². The van der Waals surface area contributed by atoms with Crippen molar-refractivity contribution in [3.05, 3.63) is 0 Å². The Hall–Kier alpha value is 0.335. The predicted molar refractivity (Wildman–Crippen MR) is 35.9 cm³/mol. The molecule has 1 N–H and O–H groups in total. The highest BCUT2D eigenvalue weighted by Crippen LogP contribution is 1.85. The Morgan fingerprint density at radius 3 is 2.43 bits per heavy atom. The van der Waals surface area contributed by atoms with Crippen molar-refractivity contribution in [2.24, 2.45) is 0 Å². The van der Waals surface area contributed by atoms with Crippen LogP contribution < -0.4 is 0 Å². The van der Waals surface area contributed by atoms with Crippen LogP contribution in [0.15, 0.2) is 0 Å². The van der Waals surface area contributed by atoms with E-state index in [1.54, 1.807) is 4.22 Å². The van der Waals surface area contributed by atoms with E-state index >= 15 is 0 Å². The fraction of sp³-hybridized carbons (Fsp3) is 1.00. The van der Waals surface area contributed by atoms with Gasteiger partial charge in [-0.25, -0.2) is 0 Å². The number of thiol groups is 1. The zero-order valence-corrected chi connectivity index (χ0v) is 5.36. The van der Waals surface area contributed by atoms with Crippen LogP contribution in [0.1, 0.15) is 6.42 Å². The molecule has 0 heterocycles. The van der Waals surface area contributed by atoms with Crippen LogP contribution in [0.5, 0.6) is 0 Å². The van der Waals surface area contributed by atoms with E-state index in [0.717, 1.165) is 13.0 Å². The Kier molecular flexibility index (Phi) is 4.71. The molecule has 0 saturated heterocycles. The van der Waals surface area contributed by atoms with Crippen molar-refractivity contribution in [1.29, 1.82) is 0 Å². The molecule has 0 saturated carbocycles. The van der Waals surface area contributed by atoms with Gasteiger partial charge in [-0.1, -0.05) is 0 Å². The first-order valence-electron chi connectivity index (χ1n) is 2.28. The highest BCUT2D eigenvalue weighted by Gasteiger charge is 1.85. The minimum atomic E-state index is 0.255. The van der Waals surface area contributed by atoms with E-state index in [1.165, 1.54) is 0 Å². The normalized spacial score (nSPS) is 10.1. The Morgan fingerprint density at radius 1 is 1.71 bits per heavy atom. The summed E-state index contributed by atoms with van der Waals surface area (Å²) < 4.78 is 1.75. The first-order valence-corrected chi connectivity index (χ1v) is 2.68. The Balaban J connectivity index is 2.68. The van der Waals surface area contributed by atoms with Gasteiger partial charge in [-0.15, -0.1) is 12.8 Å². The molecule has 7 heavy (non-hydrogen) atoms. The Morgan fingerprint density at radius 2 is 2.29 bits per heavy atom. The molecule has 0 radical (unpaired) electrons. The Bertz CT molecular complexity index is 43.9. The number of aliphatic hydroxyl groups is 1. The van der Waals surface area contributed by atoms with E-state index < -0.39 is 0 Å². The highest BCUT2D eigenvalue weighted by molar-refractivity contribution is 7.78. The van der Waals surface area contributed by atoms with Crippen LogP contribution in [0.25, 0.3) is 0 Å². The van der Waals surface area contributed by atoms with Gasteiger partial charge in [-0.3, -0.25) is 0 Å². The molecule has 0 aromatic carbocycles. The molecule has 0 atom stereocenters. The molecule has 0 aliphatic heterocycles. The highest BCUT2D eigenvalue weighted by atomic mass is 32.1. The lowest BCUT2D eigenvalue weighted by Gasteiger charge is -2.04. The zero-order valence-electron chi connectivity index (χ0n) is 4.46. The van der Waals surface area contributed by atoms with Crippen LogP contribution in [-0.2, 0) is 0 Å².